The minimum Gasteiger partial charge on any atom is -0.396 e. The smallest absolute Gasteiger partial charge is 0.0471 e. The Hall–Kier alpha value is -1.64. The largest absolute Gasteiger partial charge is 0.396 e. The van der Waals surface area contributed by atoms with Crippen molar-refractivity contribution in [1.29, 1.82) is 0 Å². The van der Waals surface area contributed by atoms with Crippen molar-refractivity contribution >= 4 is 0 Å². The van der Waals surface area contributed by atoms with E-state index in [1.165, 1.54) is 36.8 Å². The molecule has 1 N–H and O–H groups in total. The van der Waals surface area contributed by atoms with Gasteiger partial charge in [0, 0.05) is 25.7 Å². The fourth-order valence-corrected chi connectivity index (χ4v) is 3.55. The van der Waals surface area contributed by atoms with E-state index in [2.05, 4.69) is 79.4 Å². The first kappa shape index (κ1) is 20.7. The Morgan fingerprint density at radius 1 is 0.885 bits per heavy atom. The van der Waals surface area contributed by atoms with Gasteiger partial charge < -0.3 is 5.11 Å². The van der Waals surface area contributed by atoms with Crippen molar-refractivity contribution < 1.29 is 5.11 Å². The second-order valence-corrected chi connectivity index (χ2v) is 7.40. The van der Waals surface area contributed by atoms with E-state index in [0.717, 1.165) is 19.5 Å². The molecule has 0 spiro atoms. The third-order valence-corrected chi connectivity index (χ3v) is 5.28. The zero-order valence-corrected chi connectivity index (χ0v) is 16.5. The molecule has 0 heterocycles. The Bertz CT molecular complexity index is 584. The monoisotopic (exact) mass is 353 g/mol. The summed E-state index contributed by atoms with van der Waals surface area (Å²) in [6, 6.07) is 21.7. The lowest BCUT2D eigenvalue weighted by Crippen LogP contribution is -2.33. The van der Waals surface area contributed by atoms with E-state index in [1.54, 1.807) is 0 Å². The third-order valence-electron chi connectivity index (χ3n) is 5.28. The fraction of sp³-hybridized carbons (Fsp3) is 0.500. The van der Waals surface area contributed by atoms with E-state index in [0.29, 0.717) is 12.0 Å². The summed E-state index contributed by atoms with van der Waals surface area (Å²) >= 11 is 0. The summed E-state index contributed by atoms with van der Waals surface area (Å²) in [4.78, 5) is 2.52. The zero-order chi connectivity index (χ0) is 18.6. The summed E-state index contributed by atoms with van der Waals surface area (Å²) in [5, 5.41) is 9.92. The first-order valence-electron chi connectivity index (χ1n) is 10.2. The molecular weight excluding hydrogens is 318 g/mol. The first-order chi connectivity index (χ1) is 12.7. The van der Waals surface area contributed by atoms with E-state index >= 15 is 0 Å². The molecule has 2 aromatic rings. The summed E-state index contributed by atoms with van der Waals surface area (Å²) < 4.78 is 0. The summed E-state index contributed by atoms with van der Waals surface area (Å²) in [5.74, 6) is 0.349. The highest BCUT2D eigenvalue weighted by molar-refractivity contribution is 5.20. The molecule has 2 rings (SSSR count). The van der Waals surface area contributed by atoms with Crippen LogP contribution in [0.2, 0.25) is 0 Å². The highest BCUT2D eigenvalue weighted by Gasteiger charge is 2.20. The Morgan fingerprint density at radius 3 is 2.15 bits per heavy atom. The molecule has 0 amide bonds. The van der Waals surface area contributed by atoms with Crippen LogP contribution in [-0.4, -0.2) is 23.2 Å². The lowest BCUT2D eigenvalue weighted by atomic mass is 9.98. The van der Waals surface area contributed by atoms with Gasteiger partial charge in [0.05, 0.1) is 0 Å². The van der Waals surface area contributed by atoms with Crippen LogP contribution in [0.1, 0.15) is 63.1 Å². The van der Waals surface area contributed by atoms with Crippen molar-refractivity contribution in [2.24, 2.45) is 5.92 Å². The molecule has 2 atom stereocenters. The molecule has 2 heteroatoms. The molecule has 0 aliphatic rings. The van der Waals surface area contributed by atoms with Crippen molar-refractivity contribution in [3.8, 4) is 0 Å². The lowest BCUT2D eigenvalue weighted by Gasteiger charge is -2.32. The molecule has 2 aromatic carbocycles. The van der Waals surface area contributed by atoms with Crippen molar-refractivity contribution in [3.63, 3.8) is 0 Å². The van der Waals surface area contributed by atoms with Crippen LogP contribution in [0.25, 0.3) is 0 Å². The predicted molar refractivity (Wildman–Crippen MR) is 111 cm³/mol. The summed E-state index contributed by atoms with van der Waals surface area (Å²) in [6.45, 7) is 6.66. The molecule has 0 fully saturated rings. The van der Waals surface area contributed by atoms with Crippen LogP contribution in [0.15, 0.2) is 60.7 Å². The van der Waals surface area contributed by atoms with Crippen LogP contribution in [0.5, 0.6) is 0 Å². The van der Waals surface area contributed by atoms with Gasteiger partial charge in [0.15, 0.2) is 0 Å². The van der Waals surface area contributed by atoms with Crippen LogP contribution >= 0.6 is 0 Å². The molecule has 2 nitrogen and oxygen atoms in total. The minimum atomic E-state index is 0.277. The molecule has 0 aliphatic carbocycles. The zero-order valence-electron chi connectivity index (χ0n) is 16.5. The second kappa shape index (κ2) is 11.9. The van der Waals surface area contributed by atoms with Gasteiger partial charge in [0.2, 0.25) is 0 Å². The number of nitrogens with zero attached hydrogens (tertiary/aromatic N) is 1. The molecule has 0 saturated heterocycles. The van der Waals surface area contributed by atoms with Gasteiger partial charge in [-0.2, -0.15) is 0 Å². The van der Waals surface area contributed by atoms with Gasteiger partial charge >= 0.3 is 0 Å². The molecule has 0 aromatic heterocycles. The SMILES string of the molecule is CCCCCC[C@H](CO)CN(Cc1ccccc1)[C@@H](C)c1ccccc1. The van der Waals surface area contributed by atoms with Crippen LogP contribution < -0.4 is 0 Å². The van der Waals surface area contributed by atoms with Crippen molar-refractivity contribution in [3.05, 3.63) is 71.8 Å². The maximum absolute atomic E-state index is 9.92. The standard InChI is InChI=1S/C24H35NO/c1-3-4-5-8-15-23(20-26)19-25(18-22-13-9-6-10-14-22)21(2)24-16-11-7-12-17-24/h6-7,9-14,16-17,21,23,26H,3-5,8,15,18-20H2,1-2H3/t21-,23-/m0/s1. The van der Waals surface area contributed by atoms with E-state index in [1.807, 2.05) is 0 Å². The van der Waals surface area contributed by atoms with Gasteiger partial charge in [0.25, 0.3) is 0 Å². The Kier molecular flexibility index (Phi) is 9.44. The molecule has 0 saturated carbocycles. The lowest BCUT2D eigenvalue weighted by molar-refractivity contribution is 0.122. The average molecular weight is 354 g/mol. The van der Waals surface area contributed by atoms with Crippen molar-refractivity contribution in [1.82, 2.24) is 4.90 Å². The van der Waals surface area contributed by atoms with Gasteiger partial charge in [-0.25, -0.2) is 0 Å². The Labute approximate surface area is 159 Å². The molecule has 142 valence electrons. The van der Waals surface area contributed by atoms with Crippen LogP contribution in [0.4, 0.5) is 0 Å². The number of hydrogen-bond acceptors (Lipinski definition) is 2. The normalized spacial score (nSPS) is 13.7. The van der Waals surface area contributed by atoms with E-state index in [-0.39, 0.29) is 6.61 Å². The van der Waals surface area contributed by atoms with Gasteiger partial charge in [-0.3, -0.25) is 4.90 Å². The van der Waals surface area contributed by atoms with E-state index in [4.69, 9.17) is 0 Å². The van der Waals surface area contributed by atoms with Gasteiger partial charge in [0.1, 0.15) is 0 Å². The van der Waals surface area contributed by atoms with Gasteiger partial charge in [-0.15, -0.1) is 0 Å². The van der Waals surface area contributed by atoms with E-state index < -0.39 is 0 Å². The molecule has 0 unspecified atom stereocenters. The highest BCUT2D eigenvalue weighted by Crippen LogP contribution is 2.25. The molecule has 0 radical (unpaired) electrons. The maximum Gasteiger partial charge on any atom is 0.0471 e. The third kappa shape index (κ3) is 6.93. The fourth-order valence-electron chi connectivity index (χ4n) is 3.55. The number of aliphatic hydroxyl groups is 1. The molecule has 0 aliphatic heterocycles. The van der Waals surface area contributed by atoms with Gasteiger partial charge in [-0.05, 0) is 30.4 Å². The van der Waals surface area contributed by atoms with Gasteiger partial charge in [-0.1, -0.05) is 93.3 Å². The predicted octanol–water partition coefficient (Wildman–Crippen LogP) is 5.83. The minimum absolute atomic E-state index is 0.277. The molecular formula is C24H35NO. The number of benzene rings is 2. The highest BCUT2D eigenvalue weighted by atomic mass is 16.3. The second-order valence-electron chi connectivity index (χ2n) is 7.40. The number of aliphatic hydroxyl groups excluding tert-OH is 1. The van der Waals surface area contributed by atoms with Crippen molar-refractivity contribution in [2.75, 3.05) is 13.2 Å². The topological polar surface area (TPSA) is 23.5 Å². The Morgan fingerprint density at radius 2 is 1.54 bits per heavy atom. The summed E-state index contributed by atoms with van der Waals surface area (Å²) in [7, 11) is 0. The van der Waals surface area contributed by atoms with Crippen LogP contribution in [0.3, 0.4) is 0 Å². The van der Waals surface area contributed by atoms with Crippen LogP contribution in [0, 0.1) is 5.92 Å². The summed E-state index contributed by atoms with van der Waals surface area (Å²) in [5.41, 5.74) is 2.67. The first-order valence-corrected chi connectivity index (χ1v) is 10.2. The van der Waals surface area contributed by atoms with Crippen LogP contribution in [-0.2, 0) is 6.54 Å². The number of rotatable bonds is 12. The maximum atomic E-state index is 9.92. The molecule has 0 bridgehead atoms. The summed E-state index contributed by atoms with van der Waals surface area (Å²) in [6.07, 6.45) is 6.17. The average Bonchev–Trinajstić information content (AvgIpc) is 2.70. The van der Waals surface area contributed by atoms with E-state index in [9.17, 15) is 5.11 Å². The van der Waals surface area contributed by atoms with Crippen molar-refractivity contribution in [2.45, 2.75) is 58.5 Å². The quantitative estimate of drug-likeness (QED) is 0.485. The molecule has 26 heavy (non-hydrogen) atoms. The Balaban J connectivity index is 2.06. The number of unbranched alkanes of at least 4 members (excludes halogenated alkanes) is 3. The number of hydrogen-bond donors (Lipinski definition) is 1.